The van der Waals surface area contributed by atoms with Crippen LogP contribution < -0.4 is 25.4 Å². The highest BCUT2D eigenvalue weighted by molar-refractivity contribution is 5.81. The first-order chi connectivity index (χ1) is 13.7. The first-order valence-electron chi connectivity index (χ1n) is 9.46. The van der Waals surface area contributed by atoms with Gasteiger partial charge in [0.05, 0.1) is 6.54 Å². The number of rotatable bonds is 8. The van der Waals surface area contributed by atoms with Crippen molar-refractivity contribution in [2.24, 2.45) is 4.99 Å². The predicted octanol–water partition coefficient (Wildman–Crippen LogP) is 2.18. The molecule has 2 aromatic carbocycles. The summed E-state index contributed by atoms with van der Waals surface area (Å²) in [6.07, 6.45) is 0.376. The molecule has 148 valence electrons. The molecule has 3 rings (SSSR count). The molecule has 0 bridgehead atoms. The molecule has 7 nitrogen and oxygen atoms in total. The van der Waals surface area contributed by atoms with E-state index >= 15 is 0 Å². The second-order valence-electron chi connectivity index (χ2n) is 6.32. The maximum Gasteiger partial charge on any atom is 0.231 e. The van der Waals surface area contributed by atoms with E-state index in [4.69, 9.17) is 9.47 Å². The van der Waals surface area contributed by atoms with E-state index in [-0.39, 0.29) is 12.7 Å². The van der Waals surface area contributed by atoms with Crippen molar-refractivity contribution in [2.45, 2.75) is 26.4 Å². The first-order valence-corrected chi connectivity index (χ1v) is 9.46. The Balaban J connectivity index is 1.43. The summed E-state index contributed by atoms with van der Waals surface area (Å²) in [5, 5.41) is 9.30. The molecule has 28 heavy (non-hydrogen) atoms. The Hall–Kier alpha value is -3.22. The Morgan fingerprint density at radius 3 is 2.64 bits per heavy atom. The number of aliphatic imine (C=N–C) groups is 1. The van der Waals surface area contributed by atoms with Crippen molar-refractivity contribution in [1.82, 2.24) is 16.0 Å². The lowest BCUT2D eigenvalue weighted by Gasteiger charge is -2.11. The molecule has 3 N–H and O–H groups in total. The smallest absolute Gasteiger partial charge is 0.231 e. The lowest BCUT2D eigenvalue weighted by molar-refractivity contribution is -0.121. The van der Waals surface area contributed by atoms with E-state index in [2.05, 4.69) is 20.9 Å². The Bertz CT molecular complexity index is 809. The van der Waals surface area contributed by atoms with Crippen molar-refractivity contribution < 1.29 is 14.3 Å². The summed E-state index contributed by atoms with van der Waals surface area (Å²) in [6, 6.07) is 15.7. The van der Waals surface area contributed by atoms with Crippen LogP contribution in [0.3, 0.4) is 0 Å². The Kier molecular flexibility index (Phi) is 7.12. The number of carbonyl (C=O) groups excluding carboxylic acids is 1. The van der Waals surface area contributed by atoms with Crippen LogP contribution >= 0.6 is 0 Å². The number of fused-ring (bicyclic) bond motifs is 1. The van der Waals surface area contributed by atoms with Crippen LogP contribution in [-0.4, -0.2) is 31.7 Å². The average Bonchev–Trinajstić information content (AvgIpc) is 3.19. The normalized spacial score (nSPS) is 12.5. The average molecular weight is 382 g/mol. The van der Waals surface area contributed by atoms with Crippen molar-refractivity contribution >= 4 is 11.9 Å². The van der Waals surface area contributed by atoms with Crippen molar-refractivity contribution in [1.29, 1.82) is 0 Å². The minimum absolute atomic E-state index is 0.00275. The lowest BCUT2D eigenvalue weighted by Crippen LogP contribution is -2.39. The quantitative estimate of drug-likeness (QED) is 0.481. The molecule has 0 fully saturated rings. The summed E-state index contributed by atoms with van der Waals surface area (Å²) in [5.74, 6) is 2.19. The maximum atomic E-state index is 12.0. The third-order valence-corrected chi connectivity index (χ3v) is 4.18. The molecule has 0 spiro atoms. The third-order valence-electron chi connectivity index (χ3n) is 4.18. The molecule has 0 saturated heterocycles. The number of benzene rings is 2. The maximum absolute atomic E-state index is 12.0. The van der Waals surface area contributed by atoms with Crippen LogP contribution in [0, 0.1) is 0 Å². The minimum atomic E-state index is 0.00275. The van der Waals surface area contributed by atoms with E-state index in [0.29, 0.717) is 32.0 Å². The molecule has 1 heterocycles. The molecule has 0 aromatic heterocycles. The summed E-state index contributed by atoms with van der Waals surface area (Å²) >= 11 is 0. The van der Waals surface area contributed by atoms with Gasteiger partial charge in [-0.15, -0.1) is 0 Å². The van der Waals surface area contributed by atoms with Crippen LogP contribution in [0.1, 0.15) is 24.5 Å². The molecule has 0 aliphatic carbocycles. The second kappa shape index (κ2) is 10.2. The summed E-state index contributed by atoms with van der Waals surface area (Å²) in [4.78, 5) is 16.6. The first kappa shape index (κ1) is 19.5. The highest BCUT2D eigenvalue weighted by atomic mass is 16.7. The van der Waals surface area contributed by atoms with Gasteiger partial charge in [0, 0.05) is 26.1 Å². The fraction of sp³-hybridized carbons (Fsp3) is 0.333. The highest BCUT2D eigenvalue weighted by Crippen LogP contribution is 2.32. The molecule has 7 heteroatoms. The van der Waals surface area contributed by atoms with E-state index in [0.717, 1.165) is 29.2 Å². The number of hydrogen-bond acceptors (Lipinski definition) is 4. The molecule has 1 aliphatic rings. The number of nitrogens with zero attached hydrogens (tertiary/aromatic N) is 1. The summed E-state index contributed by atoms with van der Waals surface area (Å²) in [7, 11) is 0. The van der Waals surface area contributed by atoms with Gasteiger partial charge in [-0.1, -0.05) is 36.4 Å². The Labute approximate surface area is 165 Å². The van der Waals surface area contributed by atoms with Crippen LogP contribution in [0.15, 0.2) is 53.5 Å². The second-order valence-corrected chi connectivity index (χ2v) is 6.32. The molecule has 0 atom stereocenters. The van der Waals surface area contributed by atoms with Gasteiger partial charge < -0.3 is 25.4 Å². The van der Waals surface area contributed by atoms with E-state index in [1.54, 1.807) is 0 Å². The highest BCUT2D eigenvalue weighted by Gasteiger charge is 2.13. The SMILES string of the molecule is CCNC(=NCc1ccc2c(c1)OCO2)NCCC(=O)NCc1ccccc1. The van der Waals surface area contributed by atoms with Gasteiger partial charge in [-0.05, 0) is 30.2 Å². The van der Waals surface area contributed by atoms with Crippen molar-refractivity contribution in [3.05, 3.63) is 59.7 Å². The number of hydrogen-bond donors (Lipinski definition) is 3. The zero-order chi connectivity index (χ0) is 19.6. The third kappa shape index (κ3) is 5.90. The Morgan fingerprint density at radius 2 is 1.82 bits per heavy atom. The summed E-state index contributed by atoms with van der Waals surface area (Å²) in [5.41, 5.74) is 2.12. The fourth-order valence-electron chi connectivity index (χ4n) is 2.73. The number of guanidine groups is 1. The molecule has 0 radical (unpaired) electrons. The van der Waals surface area contributed by atoms with Gasteiger partial charge in [0.1, 0.15) is 0 Å². The number of carbonyl (C=O) groups is 1. The topological polar surface area (TPSA) is 84.0 Å². The van der Waals surface area contributed by atoms with E-state index in [1.807, 2.05) is 55.5 Å². The van der Waals surface area contributed by atoms with Crippen molar-refractivity contribution in [3.63, 3.8) is 0 Å². The fourth-order valence-corrected chi connectivity index (χ4v) is 2.73. The zero-order valence-corrected chi connectivity index (χ0v) is 16.0. The largest absolute Gasteiger partial charge is 0.454 e. The van der Waals surface area contributed by atoms with Crippen LogP contribution in [0.2, 0.25) is 0 Å². The van der Waals surface area contributed by atoms with E-state index < -0.39 is 0 Å². The summed E-state index contributed by atoms with van der Waals surface area (Å²) < 4.78 is 10.7. The van der Waals surface area contributed by atoms with E-state index in [9.17, 15) is 4.79 Å². The van der Waals surface area contributed by atoms with Crippen LogP contribution in [-0.2, 0) is 17.9 Å². The Morgan fingerprint density at radius 1 is 1.00 bits per heavy atom. The molecular formula is C21H26N4O3. The van der Waals surface area contributed by atoms with Crippen LogP contribution in [0.4, 0.5) is 0 Å². The predicted molar refractivity (Wildman–Crippen MR) is 108 cm³/mol. The van der Waals surface area contributed by atoms with Crippen molar-refractivity contribution in [2.75, 3.05) is 19.9 Å². The van der Waals surface area contributed by atoms with Gasteiger partial charge in [-0.25, -0.2) is 4.99 Å². The number of amides is 1. The van der Waals surface area contributed by atoms with Gasteiger partial charge in [0.15, 0.2) is 17.5 Å². The molecule has 0 saturated carbocycles. The molecular weight excluding hydrogens is 356 g/mol. The zero-order valence-electron chi connectivity index (χ0n) is 16.0. The lowest BCUT2D eigenvalue weighted by atomic mass is 10.2. The minimum Gasteiger partial charge on any atom is -0.454 e. The van der Waals surface area contributed by atoms with Crippen LogP contribution in [0.25, 0.3) is 0 Å². The molecule has 1 amide bonds. The van der Waals surface area contributed by atoms with Crippen LogP contribution in [0.5, 0.6) is 11.5 Å². The van der Waals surface area contributed by atoms with Gasteiger partial charge in [-0.3, -0.25) is 4.79 Å². The van der Waals surface area contributed by atoms with Gasteiger partial charge >= 0.3 is 0 Å². The van der Waals surface area contributed by atoms with E-state index in [1.165, 1.54) is 0 Å². The molecule has 0 unspecified atom stereocenters. The summed E-state index contributed by atoms with van der Waals surface area (Å²) in [6.45, 7) is 4.56. The van der Waals surface area contributed by atoms with Gasteiger partial charge in [0.2, 0.25) is 12.7 Å². The standard InChI is InChI=1S/C21H26N4O3/c1-2-22-21(25-14-17-8-9-18-19(12-17)28-15-27-18)23-11-10-20(26)24-13-16-6-4-3-5-7-16/h3-9,12H,2,10-11,13-15H2,1H3,(H,24,26)(H2,22,23,25). The monoisotopic (exact) mass is 382 g/mol. The van der Waals surface area contributed by atoms with Gasteiger partial charge in [0.25, 0.3) is 0 Å². The van der Waals surface area contributed by atoms with Crippen molar-refractivity contribution in [3.8, 4) is 11.5 Å². The number of ether oxygens (including phenoxy) is 2. The van der Waals surface area contributed by atoms with Gasteiger partial charge in [-0.2, -0.15) is 0 Å². The molecule has 1 aliphatic heterocycles. The number of nitrogens with one attached hydrogen (secondary N) is 3. The molecule has 2 aromatic rings.